The van der Waals surface area contributed by atoms with E-state index >= 15 is 0 Å². The molecule has 2 aromatic carbocycles. The summed E-state index contributed by atoms with van der Waals surface area (Å²) < 4.78 is 7.81. The highest BCUT2D eigenvalue weighted by molar-refractivity contribution is 5.86. The van der Waals surface area contributed by atoms with Crippen molar-refractivity contribution in [2.45, 2.75) is 386 Å². The van der Waals surface area contributed by atoms with E-state index in [1.807, 2.05) is 76.8 Å². The van der Waals surface area contributed by atoms with Crippen molar-refractivity contribution in [3.05, 3.63) is 95.8 Å². The third kappa shape index (κ3) is 16.3. The van der Waals surface area contributed by atoms with Crippen LogP contribution in [0.4, 0.5) is 0 Å². The molecule has 16 fully saturated rings. The molecule has 0 bridgehead atoms. The molecule has 0 radical (unpaired) electrons. The minimum Gasteiger partial charge on any atom is -0.390 e. The average molecular weight is 1750 g/mol. The van der Waals surface area contributed by atoms with Crippen molar-refractivity contribution in [1.82, 2.24) is 39.1 Å². The fraction of sp³-hybridized carbons (Fsp3) is 0.786. The number of hydrogen-bond donors (Lipinski definition) is 4. The molecule has 0 amide bonds. The molecule has 696 valence electrons. The van der Waals surface area contributed by atoms with Gasteiger partial charge in [0, 0.05) is 52.5 Å². The van der Waals surface area contributed by atoms with Crippen LogP contribution in [0.25, 0.3) is 21.8 Å². The lowest BCUT2D eigenvalue weighted by Gasteiger charge is -2.56. The molecule has 0 aliphatic heterocycles. The summed E-state index contributed by atoms with van der Waals surface area (Å²) >= 11 is 0. The number of benzene rings is 2. The van der Waals surface area contributed by atoms with E-state index in [4.69, 9.17) is 5.10 Å². The average Bonchev–Trinajstić information content (AvgIpc) is 1.69. The Bertz CT molecular complexity index is 4990. The second-order valence-electron chi connectivity index (χ2n) is 50.0. The number of fused-ring (bicyclic) bond motifs is 24. The van der Waals surface area contributed by atoms with Crippen molar-refractivity contribution < 1.29 is 39.6 Å². The zero-order valence-electron chi connectivity index (χ0n) is 79.7. The Kier molecular flexibility index (Phi) is 23.8. The lowest BCUT2D eigenvalue weighted by Crippen LogP contribution is -2.51. The van der Waals surface area contributed by atoms with Crippen LogP contribution in [0.5, 0.6) is 0 Å². The number of carbonyl (C=O) groups is 4. The largest absolute Gasteiger partial charge is 0.390 e. The maximum atomic E-state index is 13.6. The number of Topliss-reactive ketones (excluding diaryl/α,β-unsaturated/α-hetero) is 4. The SMILES string of the molecule is C[C@@]1(O)CC[C@H]2[C@H](CC[C@@H]3[C@@H]2CC[C@]2(C)[C@@H](C(=O)Cn4cc5c(n4)CCCC5)CC[C@@H]32)C1.C[C@@]1(O)CC[C@H]2[C@H](CC[C@@H]3[C@@H]2CC[C@]2(C)[C@@H](C(=O)Cn4cc5ccccc5n4)CC[C@@H]32)C1.C[C@@]1(O)CC[C@H]2[C@H](CC[C@@H]3[C@@H]2CC[C@]2(C)[C@@H](C(=O)Cn4ncc5c4CCCC5)CC[C@@H]32)C1.C[C@@]1(O)CC[C@H]2[C@H](CC[C@@H]3[C@@H]2CC[C@]2(C)[C@@H](C(=O)Cn4ncc5ccccc54)CC[C@@H]32)C1. The van der Waals surface area contributed by atoms with Crippen LogP contribution in [0, 0.1) is 164 Å². The molecule has 16 heteroatoms. The van der Waals surface area contributed by atoms with Crippen LogP contribution in [0.2, 0.25) is 0 Å². The van der Waals surface area contributed by atoms with E-state index in [2.05, 4.69) is 85.9 Å². The van der Waals surface area contributed by atoms with E-state index < -0.39 is 22.4 Å². The maximum Gasteiger partial charge on any atom is 0.157 e. The predicted molar refractivity (Wildman–Crippen MR) is 502 cm³/mol. The van der Waals surface area contributed by atoms with Crippen LogP contribution in [0.3, 0.4) is 0 Å². The Labute approximate surface area is 765 Å². The summed E-state index contributed by atoms with van der Waals surface area (Å²) in [5, 5.41) is 63.3. The highest BCUT2D eigenvalue weighted by Crippen LogP contribution is 2.70. The smallest absolute Gasteiger partial charge is 0.157 e. The molecule has 18 aliphatic carbocycles. The zero-order chi connectivity index (χ0) is 88.3. The number of para-hydroxylation sites is 1. The van der Waals surface area contributed by atoms with Crippen LogP contribution in [-0.4, -0.2) is 105 Å². The lowest BCUT2D eigenvalue weighted by molar-refractivity contribution is -0.133. The van der Waals surface area contributed by atoms with Crippen molar-refractivity contribution in [2.75, 3.05) is 0 Å². The molecule has 16 saturated carbocycles. The van der Waals surface area contributed by atoms with Gasteiger partial charge < -0.3 is 20.4 Å². The number of ketones is 4. The van der Waals surface area contributed by atoms with E-state index in [1.54, 1.807) is 0 Å². The molecule has 24 rings (SSSR count). The summed E-state index contributed by atoms with van der Waals surface area (Å²) in [7, 11) is 0. The fourth-order valence-corrected chi connectivity index (χ4v) is 37.0. The summed E-state index contributed by atoms with van der Waals surface area (Å²) in [6, 6.07) is 16.3. The predicted octanol–water partition coefficient (Wildman–Crippen LogP) is 22.0. The van der Waals surface area contributed by atoms with Gasteiger partial charge in [-0.3, -0.25) is 37.9 Å². The molecule has 128 heavy (non-hydrogen) atoms. The van der Waals surface area contributed by atoms with Crippen LogP contribution in [0.15, 0.2) is 73.3 Å². The van der Waals surface area contributed by atoms with Crippen molar-refractivity contribution >= 4 is 44.9 Å². The second-order valence-corrected chi connectivity index (χ2v) is 50.0. The highest BCUT2D eigenvalue weighted by atomic mass is 16.3. The third-order valence-electron chi connectivity index (χ3n) is 42.9. The number of aromatic nitrogens is 8. The van der Waals surface area contributed by atoms with E-state index in [9.17, 15) is 39.6 Å². The molecule has 4 aromatic heterocycles. The summed E-state index contributed by atoms with van der Waals surface area (Å²) in [6.45, 7) is 19.8. The van der Waals surface area contributed by atoms with Crippen LogP contribution >= 0.6 is 0 Å². The van der Waals surface area contributed by atoms with Crippen LogP contribution < -0.4 is 0 Å². The quantitative estimate of drug-likeness (QED) is 0.0899. The molecule has 0 saturated heterocycles. The Morgan fingerprint density at radius 2 is 0.680 bits per heavy atom. The molecule has 4 N–H and O–H groups in total. The molecule has 0 spiro atoms. The summed E-state index contributed by atoms with van der Waals surface area (Å²) in [4.78, 5) is 54.3. The molecule has 4 heterocycles. The number of carbonyl (C=O) groups excluding carboxylic acids is 4. The first-order valence-electron chi connectivity index (χ1n) is 53.3. The van der Waals surface area contributed by atoms with E-state index in [-0.39, 0.29) is 45.3 Å². The first-order valence-corrected chi connectivity index (χ1v) is 53.3. The van der Waals surface area contributed by atoms with E-state index in [0.29, 0.717) is 61.1 Å². The first-order chi connectivity index (χ1) is 61.4. The molecule has 6 aromatic rings. The Morgan fingerprint density at radius 3 is 1.10 bits per heavy atom. The molecular formula is C112H160N8O8. The molecule has 16 nitrogen and oxygen atoms in total. The van der Waals surface area contributed by atoms with E-state index in [1.165, 1.54) is 202 Å². The topological polar surface area (TPSA) is 220 Å². The number of rotatable bonds is 12. The van der Waals surface area contributed by atoms with Crippen molar-refractivity contribution in [2.24, 2.45) is 164 Å². The normalized spacial score (nSPS) is 44.5. The van der Waals surface area contributed by atoms with Gasteiger partial charge in [0.05, 0.1) is 64.6 Å². The van der Waals surface area contributed by atoms with Crippen molar-refractivity contribution in [3.63, 3.8) is 0 Å². The molecule has 0 unspecified atom stereocenters. The fourth-order valence-electron chi connectivity index (χ4n) is 37.0. The minimum absolute atomic E-state index is 0.161. The van der Waals surface area contributed by atoms with Crippen molar-refractivity contribution in [3.8, 4) is 0 Å². The third-order valence-corrected chi connectivity index (χ3v) is 42.9. The minimum atomic E-state index is -0.446. The highest BCUT2D eigenvalue weighted by Gasteiger charge is 2.65. The van der Waals surface area contributed by atoms with Gasteiger partial charge in [0.15, 0.2) is 23.1 Å². The Balaban J connectivity index is 0.000000104. The van der Waals surface area contributed by atoms with Gasteiger partial charge in [-0.15, -0.1) is 0 Å². The van der Waals surface area contributed by atoms with Gasteiger partial charge >= 0.3 is 0 Å². The zero-order valence-corrected chi connectivity index (χ0v) is 79.7. The standard InChI is InChI=1S/C28H42N2O2.C28H38N2O2.C28H42N2O2.C28H38N2O2/c2*1-27(32)13-11-20-18(15-27)7-8-22-21(20)12-14-28(2)23(22)9-10-24(28)26(31)17-30-16-19-5-3-4-6-25(19)29-30;2*1-27(32)13-11-20-18(15-27)7-8-22-21(20)12-14-28(2)23(22)9-10-24(28)26(31)17-30-25-6-4-3-5-19(25)16-29-30/h16,18,20-24,32H,3-15,17H2,1-2H3;3-6,16,18,20-24,32H,7-15,17H2,1-2H3;16,18,20-24,32H,3-15,17H2,1-2H3;3-6,16,18,20-24,32H,7-15,17H2,1-2H3/t4*18-,20+,21-,22-,23+,24-,27-,28+/m1111/s1. The van der Waals surface area contributed by atoms with Gasteiger partial charge in [-0.05, 0) is 473 Å². The van der Waals surface area contributed by atoms with E-state index in [0.717, 1.165) is 231 Å². The van der Waals surface area contributed by atoms with Gasteiger partial charge in [-0.2, -0.15) is 20.4 Å². The maximum absolute atomic E-state index is 13.6. The number of hydrogen-bond acceptors (Lipinski definition) is 12. The Hall–Kier alpha value is -5.68. The van der Waals surface area contributed by atoms with Gasteiger partial charge in [0.2, 0.25) is 0 Å². The molecule has 18 aliphatic rings. The lowest BCUT2D eigenvalue weighted by atomic mass is 9.49. The summed E-state index contributed by atoms with van der Waals surface area (Å²) in [6.07, 6.45) is 60.1. The number of nitrogens with zero attached hydrogens (tertiary/aromatic N) is 8. The summed E-state index contributed by atoms with van der Waals surface area (Å²) in [5.41, 5.74) is 6.31. The number of aliphatic hydroxyl groups is 4. The van der Waals surface area contributed by atoms with Gasteiger partial charge in [-0.1, -0.05) is 64.1 Å². The second kappa shape index (κ2) is 34.3. The number of aryl methyl sites for hydroxylation is 3. The van der Waals surface area contributed by atoms with Gasteiger partial charge in [0.25, 0.3) is 0 Å². The summed E-state index contributed by atoms with van der Waals surface area (Å²) in [5.74, 6) is 18.1. The van der Waals surface area contributed by atoms with Crippen LogP contribution in [0.1, 0.15) is 335 Å². The van der Waals surface area contributed by atoms with Gasteiger partial charge in [0.1, 0.15) is 13.1 Å². The Morgan fingerprint density at radius 1 is 0.328 bits per heavy atom. The monoisotopic (exact) mass is 1750 g/mol. The molecule has 32 atom stereocenters. The van der Waals surface area contributed by atoms with Gasteiger partial charge in [-0.25, -0.2) is 0 Å². The van der Waals surface area contributed by atoms with Crippen LogP contribution in [-0.2, 0) is 71.0 Å². The molecular weight excluding hydrogens is 1590 g/mol. The van der Waals surface area contributed by atoms with Crippen molar-refractivity contribution in [1.29, 1.82) is 0 Å². The first kappa shape index (κ1) is 88.9.